The van der Waals surface area contributed by atoms with E-state index in [-0.39, 0.29) is 30.4 Å². The summed E-state index contributed by atoms with van der Waals surface area (Å²) < 4.78 is 1.78. The molecule has 124 valence electrons. The van der Waals surface area contributed by atoms with Gasteiger partial charge in [0, 0.05) is 36.6 Å². The molecule has 0 saturated carbocycles. The van der Waals surface area contributed by atoms with E-state index in [4.69, 9.17) is 5.73 Å². The van der Waals surface area contributed by atoms with Crippen LogP contribution in [-0.2, 0) is 0 Å². The SMILES string of the molecule is CC(N)C1CCCCN1C(=O)c1ccc(-n2cccn2)cc1.Cl. The van der Waals surface area contributed by atoms with Crippen molar-refractivity contribution in [3.63, 3.8) is 0 Å². The van der Waals surface area contributed by atoms with Gasteiger partial charge in [-0.05, 0) is 56.5 Å². The summed E-state index contributed by atoms with van der Waals surface area (Å²) in [6, 6.07) is 9.61. The summed E-state index contributed by atoms with van der Waals surface area (Å²) in [5, 5.41) is 4.19. The van der Waals surface area contributed by atoms with E-state index in [2.05, 4.69) is 5.10 Å². The van der Waals surface area contributed by atoms with Crippen molar-refractivity contribution in [2.75, 3.05) is 6.54 Å². The molecule has 1 aliphatic rings. The van der Waals surface area contributed by atoms with E-state index in [1.165, 1.54) is 0 Å². The number of rotatable bonds is 3. The lowest BCUT2D eigenvalue weighted by Gasteiger charge is -2.38. The third-order valence-corrected chi connectivity index (χ3v) is 4.30. The van der Waals surface area contributed by atoms with E-state index in [1.807, 2.05) is 48.4 Å². The highest BCUT2D eigenvalue weighted by molar-refractivity contribution is 5.94. The number of hydrogen-bond donors (Lipinski definition) is 1. The molecule has 0 aliphatic carbocycles. The van der Waals surface area contributed by atoms with E-state index in [1.54, 1.807) is 10.9 Å². The average molecular weight is 335 g/mol. The first-order valence-electron chi connectivity index (χ1n) is 7.83. The first kappa shape index (κ1) is 17.5. The predicted molar refractivity (Wildman–Crippen MR) is 93.1 cm³/mol. The zero-order valence-electron chi connectivity index (χ0n) is 13.3. The van der Waals surface area contributed by atoms with Gasteiger partial charge < -0.3 is 10.6 Å². The molecular weight excluding hydrogens is 312 g/mol. The number of carbonyl (C=O) groups excluding carboxylic acids is 1. The number of halogens is 1. The molecule has 2 N–H and O–H groups in total. The van der Waals surface area contributed by atoms with E-state index in [0.717, 1.165) is 31.5 Å². The molecule has 1 fully saturated rings. The molecule has 1 aliphatic heterocycles. The highest BCUT2D eigenvalue weighted by Crippen LogP contribution is 2.22. The lowest BCUT2D eigenvalue weighted by Crippen LogP contribution is -2.51. The van der Waals surface area contributed by atoms with Crippen LogP contribution in [0.5, 0.6) is 0 Å². The summed E-state index contributed by atoms with van der Waals surface area (Å²) in [6.07, 6.45) is 6.82. The smallest absolute Gasteiger partial charge is 0.254 e. The van der Waals surface area contributed by atoms with Crippen LogP contribution in [0.2, 0.25) is 0 Å². The van der Waals surface area contributed by atoms with Gasteiger partial charge in [0.2, 0.25) is 0 Å². The molecule has 2 atom stereocenters. The Morgan fingerprint density at radius 3 is 2.65 bits per heavy atom. The monoisotopic (exact) mass is 334 g/mol. The Labute approximate surface area is 142 Å². The molecule has 5 nitrogen and oxygen atoms in total. The summed E-state index contributed by atoms with van der Waals surface area (Å²) >= 11 is 0. The van der Waals surface area contributed by atoms with Crippen LogP contribution in [0.25, 0.3) is 5.69 Å². The van der Waals surface area contributed by atoms with E-state index >= 15 is 0 Å². The van der Waals surface area contributed by atoms with Crippen LogP contribution < -0.4 is 5.73 Å². The fraction of sp³-hybridized carbons (Fsp3) is 0.412. The van der Waals surface area contributed by atoms with Crippen molar-refractivity contribution in [3.8, 4) is 5.69 Å². The largest absolute Gasteiger partial charge is 0.334 e. The summed E-state index contributed by atoms with van der Waals surface area (Å²) in [7, 11) is 0. The average Bonchev–Trinajstić information content (AvgIpc) is 3.09. The van der Waals surface area contributed by atoms with Crippen molar-refractivity contribution in [3.05, 3.63) is 48.3 Å². The quantitative estimate of drug-likeness (QED) is 0.938. The first-order valence-corrected chi connectivity index (χ1v) is 7.83. The Bertz CT molecular complexity index is 625. The van der Waals surface area contributed by atoms with Crippen LogP contribution in [-0.4, -0.2) is 39.2 Å². The minimum atomic E-state index is 0. The summed E-state index contributed by atoms with van der Waals surface area (Å²) in [4.78, 5) is 14.7. The number of likely N-dealkylation sites (tertiary alicyclic amines) is 1. The Morgan fingerprint density at radius 2 is 2.04 bits per heavy atom. The molecule has 3 rings (SSSR count). The molecule has 23 heavy (non-hydrogen) atoms. The molecule has 0 bridgehead atoms. The number of nitrogens with two attached hydrogens (primary N) is 1. The van der Waals surface area contributed by atoms with Crippen LogP contribution >= 0.6 is 12.4 Å². The second kappa shape index (κ2) is 7.62. The van der Waals surface area contributed by atoms with Gasteiger partial charge in [0.25, 0.3) is 5.91 Å². The maximum absolute atomic E-state index is 12.8. The molecule has 2 unspecified atom stereocenters. The second-order valence-electron chi connectivity index (χ2n) is 5.92. The summed E-state index contributed by atoms with van der Waals surface area (Å²) in [5.41, 5.74) is 7.72. The van der Waals surface area contributed by atoms with E-state index in [0.29, 0.717) is 5.56 Å². The molecule has 1 aromatic heterocycles. The maximum atomic E-state index is 12.8. The maximum Gasteiger partial charge on any atom is 0.254 e. The van der Waals surface area contributed by atoms with Crippen molar-refractivity contribution in [2.24, 2.45) is 5.73 Å². The normalized spacial score (nSPS) is 19.0. The van der Waals surface area contributed by atoms with Crippen molar-refractivity contribution in [2.45, 2.75) is 38.3 Å². The highest BCUT2D eigenvalue weighted by atomic mass is 35.5. The first-order chi connectivity index (χ1) is 10.7. The van der Waals surface area contributed by atoms with Gasteiger partial charge >= 0.3 is 0 Å². The van der Waals surface area contributed by atoms with Gasteiger partial charge in [-0.2, -0.15) is 5.10 Å². The van der Waals surface area contributed by atoms with Crippen LogP contribution in [0, 0.1) is 0 Å². The molecule has 0 spiro atoms. The zero-order valence-corrected chi connectivity index (χ0v) is 14.1. The number of aromatic nitrogens is 2. The third kappa shape index (κ3) is 3.74. The Morgan fingerprint density at radius 1 is 1.30 bits per heavy atom. The zero-order chi connectivity index (χ0) is 15.5. The minimum absolute atomic E-state index is 0. The topological polar surface area (TPSA) is 64.2 Å². The van der Waals surface area contributed by atoms with Crippen LogP contribution in [0.15, 0.2) is 42.7 Å². The van der Waals surface area contributed by atoms with E-state index < -0.39 is 0 Å². The van der Waals surface area contributed by atoms with Gasteiger partial charge in [0.15, 0.2) is 0 Å². The fourth-order valence-electron chi connectivity index (χ4n) is 3.10. The van der Waals surface area contributed by atoms with Crippen molar-refractivity contribution >= 4 is 18.3 Å². The molecular formula is C17H23ClN4O. The van der Waals surface area contributed by atoms with Crippen LogP contribution in [0.3, 0.4) is 0 Å². The standard InChI is InChI=1S/C17H22N4O.ClH/c1-13(18)16-5-2-3-11-20(16)17(22)14-6-8-15(9-7-14)21-12-4-10-19-21;/h4,6-10,12-13,16H,2-3,5,11,18H2,1H3;1H. The Balaban J connectivity index is 0.00000192. The van der Waals surface area contributed by atoms with Crippen molar-refractivity contribution in [1.29, 1.82) is 0 Å². The van der Waals surface area contributed by atoms with Crippen LogP contribution in [0.4, 0.5) is 0 Å². The minimum Gasteiger partial charge on any atom is -0.334 e. The third-order valence-electron chi connectivity index (χ3n) is 4.30. The Hall–Kier alpha value is -1.85. The van der Waals surface area contributed by atoms with Gasteiger partial charge in [0.1, 0.15) is 0 Å². The van der Waals surface area contributed by atoms with Gasteiger partial charge in [-0.1, -0.05) is 0 Å². The van der Waals surface area contributed by atoms with Crippen LogP contribution in [0.1, 0.15) is 36.5 Å². The number of hydrogen-bond acceptors (Lipinski definition) is 3. The van der Waals surface area contributed by atoms with Gasteiger partial charge in [-0.25, -0.2) is 4.68 Å². The molecule has 1 saturated heterocycles. The molecule has 6 heteroatoms. The molecule has 1 amide bonds. The van der Waals surface area contributed by atoms with E-state index in [9.17, 15) is 4.79 Å². The number of nitrogens with zero attached hydrogens (tertiary/aromatic N) is 3. The highest BCUT2D eigenvalue weighted by Gasteiger charge is 2.29. The fourth-order valence-corrected chi connectivity index (χ4v) is 3.10. The molecule has 0 radical (unpaired) electrons. The second-order valence-corrected chi connectivity index (χ2v) is 5.92. The molecule has 2 aromatic rings. The number of amides is 1. The number of benzene rings is 1. The summed E-state index contributed by atoms with van der Waals surface area (Å²) in [5.74, 6) is 0.0778. The Kier molecular flexibility index (Phi) is 5.80. The number of carbonyl (C=O) groups is 1. The van der Waals surface area contributed by atoms with Crippen molar-refractivity contribution < 1.29 is 4.79 Å². The van der Waals surface area contributed by atoms with Crippen molar-refractivity contribution in [1.82, 2.24) is 14.7 Å². The van der Waals surface area contributed by atoms with Gasteiger partial charge in [-0.15, -0.1) is 12.4 Å². The van der Waals surface area contributed by atoms with Gasteiger partial charge in [-0.3, -0.25) is 4.79 Å². The molecule has 1 aromatic carbocycles. The lowest BCUT2D eigenvalue weighted by atomic mass is 9.96. The number of piperidine rings is 1. The molecule has 2 heterocycles. The summed E-state index contributed by atoms with van der Waals surface area (Å²) in [6.45, 7) is 2.78. The predicted octanol–water partition coefficient (Wildman–Crippen LogP) is 2.64. The lowest BCUT2D eigenvalue weighted by molar-refractivity contribution is 0.0584. The van der Waals surface area contributed by atoms with Gasteiger partial charge in [0.05, 0.1) is 5.69 Å².